The molecule has 0 aromatic carbocycles. The minimum atomic E-state index is 1.14. The molecule has 7 nitrogen and oxygen atoms in total. The van der Waals surface area contributed by atoms with Crippen LogP contribution in [0.25, 0.3) is 0 Å². The molecule has 1 aromatic rings. The molecule has 0 unspecified atom stereocenters. The summed E-state index contributed by atoms with van der Waals surface area (Å²) in [7, 11) is 0. The van der Waals surface area contributed by atoms with E-state index in [0.717, 1.165) is 5.23 Å². The molecular formula is C4H9N7. The molecule has 0 saturated carbocycles. The fourth-order valence-electron chi connectivity index (χ4n) is 0.426. The minimum absolute atomic E-state index is 1.14. The van der Waals surface area contributed by atoms with E-state index in [-0.39, 0.29) is 0 Å². The average molecular weight is 155 g/mol. The molecule has 11 heavy (non-hydrogen) atoms. The van der Waals surface area contributed by atoms with Crippen LogP contribution in [0.3, 0.4) is 0 Å². The Morgan fingerprint density at radius 3 is 2.55 bits per heavy atom. The summed E-state index contributed by atoms with van der Waals surface area (Å²) in [6, 6.07) is 1.83. The van der Waals surface area contributed by atoms with Crippen LogP contribution in [0.15, 0.2) is 23.6 Å². The quantitative estimate of drug-likeness (QED) is 0.343. The van der Waals surface area contributed by atoms with Gasteiger partial charge in [-0.25, -0.2) is 11.4 Å². The Labute approximate surface area is 63.2 Å². The average Bonchev–Trinajstić information content (AvgIpc) is 2.57. The Morgan fingerprint density at radius 1 is 1.45 bits per heavy atom. The molecular weight excluding hydrogens is 146 g/mol. The zero-order valence-electron chi connectivity index (χ0n) is 5.73. The Bertz CT molecular complexity index is 167. The van der Waals surface area contributed by atoms with Crippen LogP contribution in [-0.2, 0) is 0 Å². The van der Waals surface area contributed by atoms with Crippen LogP contribution in [0.4, 0.5) is 0 Å². The first-order chi connectivity index (χ1) is 5.39. The Kier molecular flexibility index (Phi) is 2.90. The summed E-state index contributed by atoms with van der Waals surface area (Å²) in [4.78, 5) is 0. The lowest BCUT2D eigenvalue weighted by molar-refractivity contribution is 0.185. The van der Waals surface area contributed by atoms with Crippen molar-refractivity contribution in [3.05, 3.63) is 18.5 Å². The predicted molar refractivity (Wildman–Crippen MR) is 39.4 cm³/mol. The van der Waals surface area contributed by atoms with Gasteiger partial charge >= 0.3 is 0 Å². The lowest BCUT2D eigenvalue weighted by Gasteiger charge is -2.02. The van der Waals surface area contributed by atoms with Crippen molar-refractivity contribution in [1.82, 2.24) is 26.4 Å². The number of hydrogen-bond acceptors (Lipinski definition) is 6. The molecule has 0 bridgehead atoms. The number of hydrazone groups is 1. The highest BCUT2D eigenvalue weighted by Crippen LogP contribution is 1.64. The van der Waals surface area contributed by atoms with E-state index in [1.165, 1.54) is 6.34 Å². The van der Waals surface area contributed by atoms with Gasteiger partial charge in [-0.2, -0.15) is 10.2 Å². The number of aromatic amines is 1. The highest BCUT2D eigenvalue weighted by Gasteiger charge is 1.92. The van der Waals surface area contributed by atoms with Gasteiger partial charge < -0.3 is 0 Å². The molecule has 0 atom stereocenters. The van der Waals surface area contributed by atoms with Crippen molar-refractivity contribution >= 4 is 6.34 Å². The van der Waals surface area contributed by atoms with Gasteiger partial charge in [0.15, 0.2) is 0 Å². The molecule has 1 aromatic heterocycles. The van der Waals surface area contributed by atoms with Crippen molar-refractivity contribution in [2.45, 2.75) is 0 Å². The number of aromatic nitrogens is 2. The number of H-pyrrole nitrogens is 1. The zero-order valence-corrected chi connectivity index (χ0v) is 5.73. The largest absolute Gasteiger partial charge is 0.286 e. The number of rotatable bonds is 0. The van der Waals surface area contributed by atoms with Gasteiger partial charge in [0.2, 0.25) is 0 Å². The second kappa shape index (κ2) is 4.25. The molecule has 1 aliphatic heterocycles. The predicted octanol–water partition coefficient (Wildman–Crippen LogP) is -1.46. The van der Waals surface area contributed by atoms with E-state index in [4.69, 9.17) is 5.84 Å². The molecule has 0 aliphatic carbocycles. The first kappa shape index (κ1) is 7.51. The summed E-state index contributed by atoms with van der Waals surface area (Å²) < 4.78 is 0. The summed E-state index contributed by atoms with van der Waals surface area (Å²) in [5.41, 5.74) is 4.92. The van der Waals surface area contributed by atoms with E-state index >= 15 is 0 Å². The second-order valence-corrected chi connectivity index (χ2v) is 1.62. The number of hydrazine groups is 3. The molecule has 0 saturated heterocycles. The molecule has 0 amide bonds. The second-order valence-electron chi connectivity index (χ2n) is 1.62. The third kappa shape index (κ3) is 3.18. The number of hydrogen-bond donors (Lipinski definition) is 4. The molecule has 5 N–H and O–H groups in total. The molecule has 0 radical (unpaired) electrons. The topological polar surface area (TPSA) is 94.4 Å². The van der Waals surface area contributed by atoms with Crippen molar-refractivity contribution in [1.29, 1.82) is 0 Å². The Balaban J connectivity index is 0.000000112. The van der Waals surface area contributed by atoms with Gasteiger partial charge in [-0.15, -0.1) is 0 Å². The van der Waals surface area contributed by atoms with Gasteiger partial charge in [0.25, 0.3) is 0 Å². The number of nitrogens with two attached hydrogens (primary N) is 1. The molecule has 0 spiro atoms. The maximum atomic E-state index is 5.02. The summed E-state index contributed by atoms with van der Waals surface area (Å²) in [6.07, 6.45) is 4.90. The van der Waals surface area contributed by atoms with E-state index in [1.54, 1.807) is 12.4 Å². The minimum Gasteiger partial charge on any atom is -0.286 e. The van der Waals surface area contributed by atoms with Crippen LogP contribution < -0.4 is 16.8 Å². The highest BCUT2D eigenvalue weighted by molar-refractivity contribution is 5.53. The molecule has 0 fully saturated rings. The number of nitrogens with zero attached hydrogens (tertiary/aromatic N) is 3. The van der Waals surface area contributed by atoms with Crippen LogP contribution in [0.2, 0.25) is 0 Å². The highest BCUT2D eigenvalue weighted by atomic mass is 15.9. The van der Waals surface area contributed by atoms with Crippen molar-refractivity contribution in [3.8, 4) is 0 Å². The SMILES string of the molecule is NN1NC=NN1.c1cn[nH]c1. The third-order valence-corrected chi connectivity index (χ3v) is 0.833. The van der Waals surface area contributed by atoms with Crippen LogP contribution in [-0.4, -0.2) is 21.8 Å². The van der Waals surface area contributed by atoms with E-state index in [0.29, 0.717) is 0 Å². The maximum absolute atomic E-state index is 5.02. The maximum Gasteiger partial charge on any atom is 0.127 e. The molecule has 2 rings (SSSR count). The summed E-state index contributed by atoms with van der Waals surface area (Å²) in [6.45, 7) is 0. The molecule has 2 heterocycles. The molecule has 60 valence electrons. The third-order valence-electron chi connectivity index (χ3n) is 0.833. The first-order valence-electron chi connectivity index (χ1n) is 2.91. The van der Waals surface area contributed by atoms with Crippen molar-refractivity contribution in [2.75, 3.05) is 0 Å². The molecule has 1 aliphatic rings. The van der Waals surface area contributed by atoms with Gasteiger partial charge in [-0.1, -0.05) is 5.23 Å². The fraction of sp³-hybridized carbons (Fsp3) is 0. The summed E-state index contributed by atoms with van der Waals surface area (Å²) >= 11 is 0. The summed E-state index contributed by atoms with van der Waals surface area (Å²) in [5.74, 6) is 5.02. The summed E-state index contributed by atoms with van der Waals surface area (Å²) in [5, 5.41) is 10.8. The Morgan fingerprint density at radius 2 is 2.36 bits per heavy atom. The Hall–Kier alpha value is -1.60. The van der Waals surface area contributed by atoms with Crippen LogP contribution >= 0.6 is 0 Å². The van der Waals surface area contributed by atoms with Crippen LogP contribution in [0.1, 0.15) is 0 Å². The van der Waals surface area contributed by atoms with Crippen LogP contribution in [0.5, 0.6) is 0 Å². The lowest BCUT2D eigenvalue weighted by atomic mass is 10.8. The van der Waals surface area contributed by atoms with Gasteiger partial charge in [-0.3, -0.25) is 10.5 Å². The van der Waals surface area contributed by atoms with Gasteiger partial charge in [0.1, 0.15) is 6.34 Å². The van der Waals surface area contributed by atoms with Crippen molar-refractivity contribution in [2.24, 2.45) is 10.9 Å². The fourth-order valence-corrected chi connectivity index (χ4v) is 0.426. The van der Waals surface area contributed by atoms with Gasteiger partial charge in [-0.05, 0) is 6.07 Å². The molecule has 7 heteroatoms. The standard InChI is InChI=1S/C3H4N2.CH5N5/c1-2-4-5-3-1;2-6-4-1-3-5-6/h1-3H,(H,4,5);1,5H,2H2,(H,3,4). The van der Waals surface area contributed by atoms with Gasteiger partial charge in [0, 0.05) is 12.4 Å². The first-order valence-corrected chi connectivity index (χ1v) is 2.91. The van der Waals surface area contributed by atoms with Crippen molar-refractivity contribution < 1.29 is 0 Å². The van der Waals surface area contributed by atoms with E-state index in [9.17, 15) is 0 Å². The monoisotopic (exact) mass is 155 g/mol. The van der Waals surface area contributed by atoms with E-state index in [1.807, 2.05) is 6.07 Å². The zero-order chi connectivity index (χ0) is 7.94. The lowest BCUT2D eigenvalue weighted by Crippen LogP contribution is -2.44. The van der Waals surface area contributed by atoms with Crippen molar-refractivity contribution in [3.63, 3.8) is 0 Å². The normalized spacial score (nSPS) is 14.6. The smallest absolute Gasteiger partial charge is 0.127 e. The number of nitrogens with one attached hydrogen (secondary N) is 3. The van der Waals surface area contributed by atoms with E-state index < -0.39 is 0 Å². The van der Waals surface area contributed by atoms with E-state index in [2.05, 4.69) is 26.3 Å². The van der Waals surface area contributed by atoms with Gasteiger partial charge in [0.05, 0.1) is 0 Å². The van der Waals surface area contributed by atoms with Crippen LogP contribution in [0, 0.1) is 0 Å².